The Labute approximate surface area is 192 Å². The first kappa shape index (κ1) is 21.2. The van der Waals surface area contributed by atoms with E-state index in [0.717, 1.165) is 40.7 Å². The molecule has 1 aliphatic carbocycles. The van der Waals surface area contributed by atoms with Gasteiger partial charge in [0.15, 0.2) is 17.0 Å². The van der Waals surface area contributed by atoms with Crippen LogP contribution in [0, 0.1) is 0 Å². The van der Waals surface area contributed by atoms with Crippen molar-refractivity contribution in [1.29, 1.82) is 0 Å². The molecule has 0 atom stereocenters. The van der Waals surface area contributed by atoms with Gasteiger partial charge in [-0.2, -0.15) is 9.97 Å². The van der Waals surface area contributed by atoms with E-state index in [2.05, 4.69) is 37.3 Å². The third kappa shape index (κ3) is 4.47. The highest BCUT2D eigenvalue weighted by atomic mass is 16.3. The molecular weight excluding hydrogens is 414 g/mol. The van der Waals surface area contributed by atoms with Crippen molar-refractivity contribution in [3.05, 3.63) is 60.4 Å². The molecule has 5 N–H and O–H groups in total. The highest BCUT2D eigenvalue weighted by Gasteiger charge is 2.21. The van der Waals surface area contributed by atoms with Crippen LogP contribution in [0.25, 0.3) is 22.3 Å². The summed E-state index contributed by atoms with van der Waals surface area (Å²) in [6.07, 6.45) is 6.71. The van der Waals surface area contributed by atoms with E-state index in [1.54, 1.807) is 6.07 Å². The van der Waals surface area contributed by atoms with Gasteiger partial charge in [-0.15, -0.1) is 0 Å². The summed E-state index contributed by atoms with van der Waals surface area (Å²) < 4.78 is 2.20. The number of anilines is 2. The Bertz CT molecular complexity index is 1230. The minimum absolute atomic E-state index is 0.280. The zero-order valence-electron chi connectivity index (χ0n) is 18.5. The van der Waals surface area contributed by atoms with Crippen molar-refractivity contribution in [2.45, 2.75) is 38.3 Å². The third-order valence-corrected chi connectivity index (χ3v) is 6.20. The number of rotatable bonds is 8. The molecule has 1 fully saturated rings. The summed E-state index contributed by atoms with van der Waals surface area (Å²) >= 11 is 0. The number of aromatic nitrogens is 4. The average Bonchev–Trinajstić information content (AvgIpc) is 3.52. The molecule has 8 nitrogen and oxygen atoms in total. The maximum Gasteiger partial charge on any atom is 0.226 e. The summed E-state index contributed by atoms with van der Waals surface area (Å²) in [5.74, 6) is 1.55. The quantitative estimate of drug-likeness (QED) is 0.321. The number of aromatic hydroxyl groups is 1. The Morgan fingerprint density at radius 1 is 1.00 bits per heavy atom. The molecule has 1 aliphatic rings. The molecule has 33 heavy (non-hydrogen) atoms. The van der Waals surface area contributed by atoms with Gasteiger partial charge in [0, 0.05) is 31.2 Å². The molecule has 8 heteroatoms. The van der Waals surface area contributed by atoms with Gasteiger partial charge in [0.1, 0.15) is 5.75 Å². The van der Waals surface area contributed by atoms with Gasteiger partial charge >= 0.3 is 0 Å². The molecule has 5 rings (SSSR count). The lowest BCUT2D eigenvalue weighted by Gasteiger charge is -2.14. The number of nitrogens with two attached hydrogens (primary N) is 1. The van der Waals surface area contributed by atoms with Crippen LogP contribution >= 0.6 is 0 Å². The molecule has 0 aliphatic heterocycles. The first-order valence-electron chi connectivity index (χ1n) is 11.5. The normalized spacial score (nSPS) is 14.1. The van der Waals surface area contributed by atoms with Gasteiger partial charge in [-0.25, -0.2) is 4.98 Å². The second-order valence-corrected chi connectivity index (χ2v) is 8.44. The van der Waals surface area contributed by atoms with Gasteiger partial charge in [0.25, 0.3) is 0 Å². The number of para-hydroxylation sites is 1. The predicted octanol–water partition coefficient (Wildman–Crippen LogP) is 4.30. The van der Waals surface area contributed by atoms with Crippen LogP contribution in [0.4, 0.5) is 11.8 Å². The minimum atomic E-state index is 0.280. The summed E-state index contributed by atoms with van der Waals surface area (Å²) in [6, 6.07) is 16.0. The van der Waals surface area contributed by atoms with Gasteiger partial charge in [-0.05, 0) is 30.0 Å². The molecule has 0 saturated heterocycles. The SMILES string of the molecule is NCCNc1nc(NCc2ccc(-c3ccccc3O)cc2)c2ncn(C3CCCC3)c2n1. The predicted molar refractivity (Wildman–Crippen MR) is 131 cm³/mol. The van der Waals surface area contributed by atoms with E-state index < -0.39 is 0 Å². The monoisotopic (exact) mass is 443 g/mol. The fraction of sp³-hybridized carbons (Fsp3) is 0.320. The summed E-state index contributed by atoms with van der Waals surface area (Å²) in [5.41, 5.74) is 10.2. The van der Waals surface area contributed by atoms with E-state index in [-0.39, 0.29) is 5.75 Å². The van der Waals surface area contributed by atoms with Crippen LogP contribution in [0.1, 0.15) is 37.3 Å². The second kappa shape index (κ2) is 9.46. The number of nitrogens with zero attached hydrogens (tertiary/aromatic N) is 4. The molecular formula is C25H29N7O. The number of nitrogens with one attached hydrogen (secondary N) is 2. The van der Waals surface area contributed by atoms with E-state index in [1.807, 2.05) is 36.7 Å². The molecule has 4 aromatic rings. The Hall–Kier alpha value is -3.65. The van der Waals surface area contributed by atoms with Crippen LogP contribution < -0.4 is 16.4 Å². The van der Waals surface area contributed by atoms with Gasteiger partial charge < -0.3 is 26.0 Å². The summed E-state index contributed by atoms with van der Waals surface area (Å²) in [4.78, 5) is 14.1. The maximum atomic E-state index is 10.1. The summed E-state index contributed by atoms with van der Waals surface area (Å²) in [6.45, 7) is 1.71. The van der Waals surface area contributed by atoms with Crippen LogP contribution in [0.3, 0.4) is 0 Å². The number of hydrogen-bond acceptors (Lipinski definition) is 7. The zero-order valence-corrected chi connectivity index (χ0v) is 18.5. The third-order valence-electron chi connectivity index (χ3n) is 6.20. The molecule has 2 aromatic carbocycles. The van der Waals surface area contributed by atoms with Crippen molar-refractivity contribution >= 4 is 22.9 Å². The Balaban J connectivity index is 1.39. The van der Waals surface area contributed by atoms with Crippen molar-refractivity contribution in [3.63, 3.8) is 0 Å². The van der Waals surface area contributed by atoms with E-state index in [0.29, 0.717) is 37.4 Å². The van der Waals surface area contributed by atoms with Crippen molar-refractivity contribution in [2.75, 3.05) is 23.7 Å². The molecule has 2 heterocycles. The van der Waals surface area contributed by atoms with Crippen molar-refractivity contribution in [1.82, 2.24) is 19.5 Å². The molecule has 0 unspecified atom stereocenters. The first-order valence-corrected chi connectivity index (χ1v) is 11.5. The number of hydrogen-bond donors (Lipinski definition) is 4. The first-order chi connectivity index (χ1) is 16.2. The smallest absolute Gasteiger partial charge is 0.226 e. The highest BCUT2D eigenvalue weighted by molar-refractivity contribution is 5.84. The topological polar surface area (TPSA) is 114 Å². The molecule has 0 amide bonds. The number of phenols is 1. The van der Waals surface area contributed by atoms with Crippen LogP contribution in [0.2, 0.25) is 0 Å². The van der Waals surface area contributed by atoms with Crippen LogP contribution in [0.15, 0.2) is 54.9 Å². The van der Waals surface area contributed by atoms with E-state index in [1.165, 1.54) is 12.8 Å². The molecule has 0 spiro atoms. The van der Waals surface area contributed by atoms with Crippen molar-refractivity contribution < 1.29 is 5.11 Å². The largest absolute Gasteiger partial charge is 0.507 e. The number of fused-ring (bicyclic) bond motifs is 1. The van der Waals surface area contributed by atoms with Gasteiger partial charge in [-0.1, -0.05) is 55.3 Å². The van der Waals surface area contributed by atoms with Crippen LogP contribution in [-0.4, -0.2) is 37.7 Å². The highest BCUT2D eigenvalue weighted by Crippen LogP contribution is 2.33. The fourth-order valence-electron chi connectivity index (χ4n) is 4.46. The molecule has 1 saturated carbocycles. The standard InChI is InChI=1S/C25H29N7O/c26-13-14-27-25-30-23(22-24(31-25)32(16-29-22)19-5-1-2-6-19)28-15-17-9-11-18(12-10-17)20-7-3-4-8-21(20)33/h3-4,7-12,16,19,33H,1-2,5-6,13-15,26H2,(H2,27,28,30,31). The number of phenolic OH excluding ortho intramolecular Hbond substituents is 1. The van der Waals surface area contributed by atoms with E-state index in [9.17, 15) is 5.11 Å². The lowest BCUT2D eigenvalue weighted by molar-refractivity contribution is 0.477. The Morgan fingerprint density at radius 2 is 1.79 bits per heavy atom. The van der Waals surface area contributed by atoms with E-state index in [4.69, 9.17) is 10.7 Å². The number of imidazole rings is 1. The lowest BCUT2D eigenvalue weighted by atomic mass is 10.0. The zero-order chi connectivity index (χ0) is 22.6. The lowest BCUT2D eigenvalue weighted by Crippen LogP contribution is -2.16. The fourth-order valence-corrected chi connectivity index (χ4v) is 4.46. The Morgan fingerprint density at radius 3 is 2.55 bits per heavy atom. The van der Waals surface area contributed by atoms with Crippen molar-refractivity contribution in [2.24, 2.45) is 5.73 Å². The second-order valence-electron chi connectivity index (χ2n) is 8.44. The van der Waals surface area contributed by atoms with Gasteiger partial charge in [0.2, 0.25) is 5.95 Å². The molecule has 0 bridgehead atoms. The van der Waals surface area contributed by atoms with Crippen LogP contribution in [-0.2, 0) is 6.54 Å². The summed E-state index contributed by atoms with van der Waals surface area (Å²) in [5, 5.41) is 16.8. The minimum Gasteiger partial charge on any atom is -0.507 e. The van der Waals surface area contributed by atoms with Gasteiger partial charge in [0.05, 0.1) is 6.33 Å². The molecule has 0 radical (unpaired) electrons. The average molecular weight is 444 g/mol. The van der Waals surface area contributed by atoms with Crippen LogP contribution in [0.5, 0.6) is 5.75 Å². The van der Waals surface area contributed by atoms with Gasteiger partial charge in [-0.3, -0.25) is 0 Å². The summed E-state index contributed by atoms with van der Waals surface area (Å²) in [7, 11) is 0. The molecule has 2 aromatic heterocycles. The maximum absolute atomic E-state index is 10.1. The number of benzene rings is 2. The van der Waals surface area contributed by atoms with Crippen molar-refractivity contribution in [3.8, 4) is 16.9 Å². The Kier molecular flexibility index (Phi) is 6.08. The van der Waals surface area contributed by atoms with E-state index >= 15 is 0 Å². The molecule has 170 valence electrons.